The molecular weight excluding hydrogens is 168 g/mol. The molecule has 0 bridgehead atoms. The molecule has 0 rings (SSSR count). The second-order valence-corrected chi connectivity index (χ2v) is 1.98. The number of aliphatic hydroxyl groups excluding tert-OH is 1. The van der Waals surface area contributed by atoms with Crippen LogP contribution >= 0.6 is 0 Å². The first kappa shape index (κ1) is 18.4. The van der Waals surface area contributed by atoms with Gasteiger partial charge in [0.25, 0.3) is 0 Å². The van der Waals surface area contributed by atoms with Gasteiger partial charge in [-0.1, -0.05) is 13.8 Å². The fourth-order valence-corrected chi connectivity index (χ4v) is 0.556. The van der Waals surface area contributed by atoms with Gasteiger partial charge in [0, 0.05) is 19.5 Å². The molecular formula is C9H24N2O2. The normalized spacial score (nSPS) is 7.92. The lowest BCUT2D eigenvalue weighted by atomic mass is 10.4. The highest BCUT2D eigenvalue weighted by molar-refractivity contribution is 5.49. The van der Waals surface area contributed by atoms with Gasteiger partial charge in [-0.15, -0.1) is 0 Å². The van der Waals surface area contributed by atoms with Gasteiger partial charge in [-0.25, -0.2) is 0 Å². The van der Waals surface area contributed by atoms with Crippen LogP contribution in [0.5, 0.6) is 0 Å². The molecule has 0 spiro atoms. The SMILES string of the molecule is CC.CN.CN(CCO)CCC=O. The smallest absolute Gasteiger partial charge is 0.121 e. The Morgan fingerprint density at radius 2 is 1.77 bits per heavy atom. The van der Waals surface area contributed by atoms with Crippen molar-refractivity contribution in [3.63, 3.8) is 0 Å². The first-order valence-electron chi connectivity index (χ1n) is 4.62. The Bertz CT molecular complexity index is 80.0. The van der Waals surface area contributed by atoms with E-state index in [1.54, 1.807) is 0 Å². The maximum Gasteiger partial charge on any atom is 0.121 e. The average Bonchev–Trinajstić information content (AvgIpc) is 2.21. The fourth-order valence-electron chi connectivity index (χ4n) is 0.556. The van der Waals surface area contributed by atoms with E-state index in [2.05, 4.69) is 5.73 Å². The van der Waals surface area contributed by atoms with Crippen molar-refractivity contribution in [2.24, 2.45) is 5.73 Å². The molecule has 0 fully saturated rings. The topological polar surface area (TPSA) is 66.6 Å². The molecule has 0 aliphatic heterocycles. The summed E-state index contributed by atoms with van der Waals surface area (Å²) in [6, 6.07) is 0. The van der Waals surface area contributed by atoms with Crippen molar-refractivity contribution in [3.05, 3.63) is 0 Å². The van der Waals surface area contributed by atoms with Crippen molar-refractivity contribution in [2.45, 2.75) is 20.3 Å². The van der Waals surface area contributed by atoms with Gasteiger partial charge in [-0.2, -0.15) is 0 Å². The number of aliphatic hydroxyl groups is 1. The Balaban J connectivity index is -0.000000218. The van der Waals surface area contributed by atoms with Crippen LogP contribution in [0.15, 0.2) is 0 Å². The first-order valence-corrected chi connectivity index (χ1v) is 4.62. The largest absolute Gasteiger partial charge is 0.395 e. The number of likely N-dealkylation sites (N-methyl/N-ethyl adjacent to an activating group) is 1. The number of carbonyl (C=O) groups excluding carboxylic acids is 1. The van der Waals surface area contributed by atoms with E-state index in [0.29, 0.717) is 13.0 Å². The number of nitrogens with two attached hydrogens (primary N) is 1. The number of hydrogen-bond acceptors (Lipinski definition) is 4. The molecule has 4 nitrogen and oxygen atoms in total. The summed E-state index contributed by atoms with van der Waals surface area (Å²) in [5.74, 6) is 0. The molecule has 0 unspecified atom stereocenters. The molecule has 0 amide bonds. The molecule has 0 aliphatic carbocycles. The molecule has 82 valence electrons. The monoisotopic (exact) mass is 192 g/mol. The lowest BCUT2D eigenvalue weighted by molar-refractivity contribution is -0.108. The van der Waals surface area contributed by atoms with Crippen LogP contribution < -0.4 is 5.73 Å². The molecule has 0 radical (unpaired) electrons. The molecule has 0 aliphatic rings. The van der Waals surface area contributed by atoms with Crippen molar-refractivity contribution in [1.29, 1.82) is 0 Å². The van der Waals surface area contributed by atoms with Crippen LogP contribution in [-0.2, 0) is 4.79 Å². The summed E-state index contributed by atoms with van der Waals surface area (Å²) in [5.41, 5.74) is 4.50. The summed E-state index contributed by atoms with van der Waals surface area (Å²) in [6.07, 6.45) is 1.43. The van der Waals surface area contributed by atoms with Gasteiger partial charge in [0.15, 0.2) is 0 Å². The van der Waals surface area contributed by atoms with Crippen LogP contribution in [-0.4, -0.2) is 50.1 Å². The van der Waals surface area contributed by atoms with Gasteiger partial charge in [0.2, 0.25) is 0 Å². The molecule has 4 heteroatoms. The van der Waals surface area contributed by atoms with E-state index >= 15 is 0 Å². The predicted molar refractivity (Wildman–Crippen MR) is 56.7 cm³/mol. The molecule has 0 atom stereocenters. The van der Waals surface area contributed by atoms with Gasteiger partial charge in [0.05, 0.1) is 6.61 Å². The second-order valence-electron chi connectivity index (χ2n) is 1.98. The van der Waals surface area contributed by atoms with Crippen LogP contribution in [0.1, 0.15) is 20.3 Å². The van der Waals surface area contributed by atoms with Crippen molar-refractivity contribution >= 4 is 6.29 Å². The van der Waals surface area contributed by atoms with Crippen LogP contribution in [0.25, 0.3) is 0 Å². The molecule has 0 aromatic heterocycles. The van der Waals surface area contributed by atoms with Gasteiger partial charge >= 0.3 is 0 Å². The molecule has 13 heavy (non-hydrogen) atoms. The van der Waals surface area contributed by atoms with Crippen LogP contribution in [0, 0.1) is 0 Å². The Morgan fingerprint density at radius 3 is 2.08 bits per heavy atom. The lowest BCUT2D eigenvalue weighted by Gasteiger charge is -2.11. The van der Waals surface area contributed by atoms with Crippen molar-refractivity contribution in [2.75, 3.05) is 33.8 Å². The lowest BCUT2D eigenvalue weighted by Crippen LogP contribution is -2.23. The summed E-state index contributed by atoms with van der Waals surface area (Å²) in [7, 11) is 3.37. The summed E-state index contributed by atoms with van der Waals surface area (Å²) in [6.45, 7) is 5.55. The highest BCUT2D eigenvalue weighted by Crippen LogP contribution is 1.81. The van der Waals surface area contributed by atoms with Gasteiger partial charge in [-0.3, -0.25) is 0 Å². The van der Waals surface area contributed by atoms with Gasteiger partial charge in [0.1, 0.15) is 6.29 Å². The number of nitrogens with zero attached hydrogens (tertiary/aromatic N) is 1. The van der Waals surface area contributed by atoms with E-state index in [-0.39, 0.29) is 6.61 Å². The molecule has 3 N–H and O–H groups in total. The third kappa shape index (κ3) is 24.6. The average molecular weight is 192 g/mol. The summed E-state index contributed by atoms with van der Waals surface area (Å²) >= 11 is 0. The zero-order chi connectivity index (χ0) is 11.1. The van der Waals surface area contributed by atoms with Crippen LogP contribution in [0.3, 0.4) is 0 Å². The Hall–Kier alpha value is -0.450. The van der Waals surface area contributed by atoms with Crippen LogP contribution in [0.4, 0.5) is 0 Å². The van der Waals surface area contributed by atoms with E-state index < -0.39 is 0 Å². The molecule has 0 aromatic carbocycles. The zero-order valence-electron chi connectivity index (χ0n) is 9.29. The third-order valence-corrected chi connectivity index (χ3v) is 1.11. The highest BCUT2D eigenvalue weighted by atomic mass is 16.3. The van der Waals surface area contributed by atoms with Gasteiger partial charge in [-0.05, 0) is 14.1 Å². The summed E-state index contributed by atoms with van der Waals surface area (Å²) < 4.78 is 0. The fraction of sp³-hybridized carbons (Fsp3) is 0.889. The minimum Gasteiger partial charge on any atom is -0.395 e. The Morgan fingerprint density at radius 1 is 1.31 bits per heavy atom. The highest BCUT2D eigenvalue weighted by Gasteiger charge is 1.93. The van der Waals surface area contributed by atoms with E-state index in [9.17, 15) is 4.79 Å². The van der Waals surface area contributed by atoms with E-state index in [1.165, 1.54) is 7.05 Å². The number of rotatable bonds is 5. The number of hydrogen-bond donors (Lipinski definition) is 2. The second kappa shape index (κ2) is 22.6. The molecule has 0 saturated heterocycles. The number of carbonyl (C=O) groups is 1. The minimum absolute atomic E-state index is 0.162. The van der Waals surface area contributed by atoms with Crippen LogP contribution in [0.2, 0.25) is 0 Å². The Kier molecular flexibility index (Phi) is 31.8. The van der Waals surface area contributed by atoms with E-state index in [1.807, 2.05) is 25.8 Å². The zero-order valence-corrected chi connectivity index (χ0v) is 9.29. The number of aldehydes is 1. The molecule has 0 aromatic rings. The standard InChI is InChI=1S/C6H13NO2.C2H6.CH5N/c1-7(4-6-9)3-2-5-8;2*1-2/h5,9H,2-4,6H2,1H3;1-2H3;2H2,1H3. The van der Waals surface area contributed by atoms with Crippen molar-refractivity contribution in [1.82, 2.24) is 4.90 Å². The molecule has 0 heterocycles. The van der Waals surface area contributed by atoms with E-state index in [0.717, 1.165) is 12.8 Å². The molecule has 0 saturated carbocycles. The first-order chi connectivity index (χ1) is 6.31. The summed E-state index contributed by atoms with van der Waals surface area (Å²) in [4.78, 5) is 11.7. The third-order valence-electron chi connectivity index (χ3n) is 1.11. The Labute approximate surface area is 81.7 Å². The predicted octanol–water partition coefficient (Wildman–Crippen LogP) is 0.101. The summed E-state index contributed by atoms with van der Waals surface area (Å²) in [5, 5.41) is 8.41. The maximum absolute atomic E-state index is 9.82. The van der Waals surface area contributed by atoms with E-state index in [4.69, 9.17) is 5.11 Å². The quantitative estimate of drug-likeness (QED) is 0.606. The van der Waals surface area contributed by atoms with Gasteiger partial charge < -0.3 is 20.5 Å². The van der Waals surface area contributed by atoms with Crippen molar-refractivity contribution in [3.8, 4) is 0 Å². The minimum atomic E-state index is 0.162. The maximum atomic E-state index is 9.82. The van der Waals surface area contributed by atoms with Crippen molar-refractivity contribution < 1.29 is 9.90 Å².